The second kappa shape index (κ2) is 9.49. The van der Waals surface area contributed by atoms with Crippen molar-refractivity contribution >= 4 is 15.9 Å². The maximum atomic E-state index is 13.0. The Kier molecular flexibility index (Phi) is 7.49. The molecule has 0 saturated heterocycles. The summed E-state index contributed by atoms with van der Waals surface area (Å²) in [4.78, 5) is 14.8. The molecule has 2 rings (SSSR count). The molecule has 7 nitrogen and oxygen atoms in total. The van der Waals surface area contributed by atoms with Crippen LogP contribution < -0.4 is 14.2 Å². The van der Waals surface area contributed by atoms with Crippen molar-refractivity contribution < 1.29 is 22.7 Å². The topological polar surface area (TPSA) is 84.9 Å². The molecule has 2 aromatic rings. The normalized spacial score (nSPS) is 11.8. The molecule has 0 aromatic heterocycles. The third-order valence-electron chi connectivity index (χ3n) is 4.34. The number of amides is 1. The van der Waals surface area contributed by atoms with E-state index in [9.17, 15) is 13.2 Å². The van der Waals surface area contributed by atoms with Crippen molar-refractivity contribution in [2.45, 2.75) is 44.7 Å². The first-order chi connectivity index (χ1) is 14.0. The molecule has 0 spiro atoms. The summed E-state index contributed by atoms with van der Waals surface area (Å²) in [5.74, 6) is 1.04. The standard InChI is InChI=1S/C22H30N2O5S/c1-7-24(15-16-8-13-19(28-5)20(14-16)29-6)21(25)17-9-11-18(12-10-17)30(26,27)23-22(2,3)4/h8-14,23H,7,15H2,1-6H3. The molecule has 30 heavy (non-hydrogen) atoms. The number of carbonyl (C=O) groups is 1. The molecule has 0 aliphatic carbocycles. The number of nitrogens with zero attached hydrogens (tertiary/aromatic N) is 1. The number of benzene rings is 2. The molecule has 1 amide bonds. The zero-order chi connectivity index (χ0) is 22.5. The lowest BCUT2D eigenvalue weighted by molar-refractivity contribution is 0.0752. The second-order valence-electron chi connectivity index (χ2n) is 7.89. The molecule has 0 unspecified atom stereocenters. The molecule has 1 N–H and O–H groups in total. The van der Waals surface area contributed by atoms with E-state index < -0.39 is 15.6 Å². The summed E-state index contributed by atoms with van der Waals surface area (Å²) < 4.78 is 38.1. The zero-order valence-electron chi connectivity index (χ0n) is 18.4. The van der Waals surface area contributed by atoms with Gasteiger partial charge in [0.25, 0.3) is 5.91 Å². The van der Waals surface area contributed by atoms with Crippen LogP contribution in [0.5, 0.6) is 11.5 Å². The summed E-state index contributed by atoms with van der Waals surface area (Å²) in [7, 11) is -0.516. The molecular formula is C22H30N2O5S. The molecule has 164 valence electrons. The third-order valence-corrected chi connectivity index (χ3v) is 6.12. The fourth-order valence-electron chi connectivity index (χ4n) is 2.95. The lowest BCUT2D eigenvalue weighted by atomic mass is 10.1. The molecule has 8 heteroatoms. The van der Waals surface area contributed by atoms with Gasteiger partial charge in [-0.2, -0.15) is 0 Å². The lowest BCUT2D eigenvalue weighted by Gasteiger charge is -2.22. The molecule has 0 aliphatic rings. The van der Waals surface area contributed by atoms with Crippen LogP contribution >= 0.6 is 0 Å². The van der Waals surface area contributed by atoms with Gasteiger partial charge in [0.05, 0.1) is 19.1 Å². The number of nitrogens with one attached hydrogen (secondary N) is 1. The predicted molar refractivity (Wildman–Crippen MR) is 116 cm³/mol. The molecule has 0 heterocycles. The maximum absolute atomic E-state index is 13.0. The van der Waals surface area contributed by atoms with Crippen molar-refractivity contribution in [2.75, 3.05) is 20.8 Å². The first-order valence-electron chi connectivity index (χ1n) is 9.65. The van der Waals surface area contributed by atoms with Crippen LogP contribution in [-0.2, 0) is 16.6 Å². The minimum absolute atomic E-state index is 0.122. The van der Waals surface area contributed by atoms with Crippen molar-refractivity contribution in [2.24, 2.45) is 0 Å². The van der Waals surface area contributed by atoms with Gasteiger partial charge < -0.3 is 14.4 Å². The predicted octanol–water partition coefficient (Wildman–Crippen LogP) is 3.44. The summed E-state index contributed by atoms with van der Waals surface area (Å²) in [5.41, 5.74) is 0.731. The van der Waals surface area contributed by atoms with Gasteiger partial charge in [0.2, 0.25) is 10.0 Å². The average molecular weight is 435 g/mol. The van der Waals surface area contributed by atoms with E-state index in [0.717, 1.165) is 5.56 Å². The van der Waals surface area contributed by atoms with Crippen molar-refractivity contribution in [1.82, 2.24) is 9.62 Å². The lowest BCUT2D eigenvalue weighted by Crippen LogP contribution is -2.40. The van der Waals surface area contributed by atoms with E-state index in [1.54, 1.807) is 46.0 Å². The van der Waals surface area contributed by atoms with Gasteiger partial charge in [0.15, 0.2) is 11.5 Å². The van der Waals surface area contributed by atoms with Gasteiger partial charge in [0, 0.05) is 24.2 Å². The third kappa shape index (κ3) is 5.96. The van der Waals surface area contributed by atoms with Gasteiger partial charge in [0.1, 0.15) is 0 Å². The van der Waals surface area contributed by atoms with E-state index in [0.29, 0.717) is 30.2 Å². The SMILES string of the molecule is CCN(Cc1ccc(OC)c(OC)c1)C(=O)c1ccc(S(=O)(=O)NC(C)(C)C)cc1. The smallest absolute Gasteiger partial charge is 0.254 e. The van der Waals surface area contributed by atoms with E-state index in [1.165, 1.54) is 24.3 Å². The van der Waals surface area contributed by atoms with E-state index >= 15 is 0 Å². The van der Waals surface area contributed by atoms with E-state index in [2.05, 4.69) is 4.72 Å². The van der Waals surface area contributed by atoms with E-state index in [-0.39, 0.29) is 10.8 Å². The van der Waals surface area contributed by atoms with Crippen LogP contribution in [0.2, 0.25) is 0 Å². The fraction of sp³-hybridized carbons (Fsp3) is 0.409. The number of ether oxygens (including phenoxy) is 2. The van der Waals surface area contributed by atoms with Crippen LogP contribution in [0.4, 0.5) is 0 Å². The van der Waals surface area contributed by atoms with Crippen molar-refractivity contribution in [3.05, 3.63) is 53.6 Å². The van der Waals surface area contributed by atoms with Crippen LogP contribution in [0.25, 0.3) is 0 Å². The van der Waals surface area contributed by atoms with Gasteiger partial charge in [-0.1, -0.05) is 6.07 Å². The summed E-state index contributed by atoms with van der Waals surface area (Å²) in [6, 6.07) is 11.5. The Morgan fingerprint density at radius 3 is 2.10 bits per heavy atom. The number of methoxy groups -OCH3 is 2. The number of carbonyl (C=O) groups excluding carboxylic acids is 1. The van der Waals surface area contributed by atoms with Crippen LogP contribution in [0.15, 0.2) is 47.4 Å². The Hall–Kier alpha value is -2.58. The fourth-order valence-corrected chi connectivity index (χ4v) is 4.37. The summed E-state index contributed by atoms with van der Waals surface area (Å²) >= 11 is 0. The van der Waals surface area contributed by atoms with Crippen LogP contribution in [-0.4, -0.2) is 45.5 Å². The number of hydrogen-bond donors (Lipinski definition) is 1. The van der Waals surface area contributed by atoms with Gasteiger partial charge >= 0.3 is 0 Å². The summed E-state index contributed by atoms with van der Waals surface area (Å²) in [5, 5.41) is 0. The number of rotatable bonds is 8. The Morgan fingerprint density at radius 1 is 1.00 bits per heavy atom. The van der Waals surface area contributed by atoms with E-state index in [4.69, 9.17) is 9.47 Å². The highest BCUT2D eigenvalue weighted by Crippen LogP contribution is 2.28. The minimum Gasteiger partial charge on any atom is -0.493 e. The van der Waals surface area contributed by atoms with Crippen LogP contribution in [0.1, 0.15) is 43.6 Å². The van der Waals surface area contributed by atoms with E-state index in [1.807, 2.05) is 19.1 Å². The second-order valence-corrected chi connectivity index (χ2v) is 9.57. The Morgan fingerprint density at radius 2 is 1.60 bits per heavy atom. The van der Waals surface area contributed by atoms with Gasteiger partial charge in [-0.25, -0.2) is 13.1 Å². The Balaban J connectivity index is 2.20. The van der Waals surface area contributed by atoms with Gasteiger partial charge in [-0.15, -0.1) is 0 Å². The summed E-state index contributed by atoms with van der Waals surface area (Å²) in [6.07, 6.45) is 0. The quantitative estimate of drug-likeness (QED) is 0.688. The molecule has 0 saturated carbocycles. The van der Waals surface area contributed by atoms with Crippen LogP contribution in [0.3, 0.4) is 0 Å². The highest BCUT2D eigenvalue weighted by molar-refractivity contribution is 7.89. The van der Waals surface area contributed by atoms with Gasteiger partial charge in [-0.05, 0) is 69.7 Å². The average Bonchev–Trinajstić information content (AvgIpc) is 2.69. The maximum Gasteiger partial charge on any atom is 0.254 e. The molecular weight excluding hydrogens is 404 g/mol. The molecule has 0 aliphatic heterocycles. The molecule has 0 bridgehead atoms. The Labute approximate surface area is 179 Å². The highest BCUT2D eigenvalue weighted by Gasteiger charge is 2.23. The zero-order valence-corrected chi connectivity index (χ0v) is 19.2. The first-order valence-corrected chi connectivity index (χ1v) is 11.1. The Bertz CT molecular complexity index is 980. The van der Waals surface area contributed by atoms with Gasteiger partial charge in [-0.3, -0.25) is 4.79 Å². The molecule has 2 aromatic carbocycles. The largest absolute Gasteiger partial charge is 0.493 e. The molecule has 0 atom stereocenters. The molecule has 0 radical (unpaired) electrons. The van der Waals surface area contributed by atoms with Crippen molar-refractivity contribution in [3.63, 3.8) is 0 Å². The van der Waals surface area contributed by atoms with Crippen LogP contribution in [0, 0.1) is 0 Å². The van der Waals surface area contributed by atoms with Crippen molar-refractivity contribution in [1.29, 1.82) is 0 Å². The monoisotopic (exact) mass is 434 g/mol. The number of hydrogen-bond acceptors (Lipinski definition) is 5. The van der Waals surface area contributed by atoms with Crippen molar-refractivity contribution in [3.8, 4) is 11.5 Å². The first kappa shape index (κ1) is 23.7. The summed E-state index contributed by atoms with van der Waals surface area (Å²) in [6.45, 7) is 8.10. The number of sulfonamides is 1. The highest BCUT2D eigenvalue weighted by atomic mass is 32.2. The minimum atomic E-state index is -3.65. The molecule has 0 fully saturated rings.